The van der Waals surface area contributed by atoms with Crippen molar-refractivity contribution < 1.29 is 9.32 Å². The highest BCUT2D eigenvalue weighted by Gasteiger charge is 1.87. The number of carbonyl (C=O) groups is 1. The smallest absolute Gasteiger partial charge is 0.119 e. The summed E-state index contributed by atoms with van der Waals surface area (Å²) in [4.78, 5) is 9.99. The zero-order chi connectivity index (χ0) is 10.6. The van der Waals surface area contributed by atoms with E-state index < -0.39 is 0 Å². The molecular formula is C11H17O2P. The zero-order valence-electron chi connectivity index (χ0n) is 8.53. The molecule has 0 amide bonds. The minimum Gasteiger partial charge on any atom is -0.350 e. The molecule has 0 aliphatic carbocycles. The van der Waals surface area contributed by atoms with Crippen LogP contribution in [0.15, 0.2) is 12.2 Å². The first kappa shape index (κ1) is 13.4. The Morgan fingerprint density at radius 3 is 2.79 bits per heavy atom. The van der Waals surface area contributed by atoms with Crippen LogP contribution in [0, 0.1) is 11.8 Å². The minimum absolute atomic E-state index is 0.0419. The van der Waals surface area contributed by atoms with E-state index in [4.69, 9.17) is 4.52 Å². The van der Waals surface area contributed by atoms with Gasteiger partial charge in [0.1, 0.15) is 12.4 Å². The Bertz CT molecular complexity index is 225. The van der Waals surface area contributed by atoms with E-state index in [1.54, 1.807) is 0 Å². The lowest BCUT2D eigenvalue weighted by Gasteiger charge is -1.95. The summed E-state index contributed by atoms with van der Waals surface area (Å²) in [6, 6.07) is 0. The number of unbranched alkanes of at least 4 members (excludes halogenated alkanes) is 3. The van der Waals surface area contributed by atoms with Crippen LogP contribution in [0.3, 0.4) is 0 Å². The predicted molar refractivity (Wildman–Crippen MR) is 61.7 cm³/mol. The molecule has 3 heteroatoms. The van der Waals surface area contributed by atoms with Gasteiger partial charge in [0, 0.05) is 15.9 Å². The minimum atomic E-state index is -0.0419. The Balaban J connectivity index is 3.42. The standard InChI is InChI=1S/C11H17O2P/c1-11(13-14)9-7-5-3-2-4-6-8-10-12/h3,5,10-11H,2,4,6,8,14H2,1H3/b5-3+. The normalized spacial score (nSPS) is 12.1. The molecule has 2 unspecified atom stereocenters. The van der Waals surface area contributed by atoms with Gasteiger partial charge in [-0.2, -0.15) is 0 Å². The van der Waals surface area contributed by atoms with Gasteiger partial charge in [-0.3, -0.25) is 0 Å². The molecule has 0 fully saturated rings. The molecular weight excluding hydrogens is 195 g/mol. The number of rotatable bonds is 6. The molecule has 0 heterocycles. The third-order valence-corrected chi connectivity index (χ3v) is 2.04. The van der Waals surface area contributed by atoms with E-state index in [9.17, 15) is 4.79 Å². The fourth-order valence-corrected chi connectivity index (χ4v) is 0.900. The van der Waals surface area contributed by atoms with Gasteiger partial charge in [-0.15, -0.1) is 0 Å². The van der Waals surface area contributed by atoms with Gasteiger partial charge in [0.25, 0.3) is 0 Å². The molecule has 0 radical (unpaired) electrons. The number of allylic oxidation sites excluding steroid dienone is 2. The first-order valence-electron chi connectivity index (χ1n) is 4.76. The molecule has 2 atom stereocenters. The SMILES string of the molecule is CC(C#C/C=C/CCCCC=O)OP. The first-order chi connectivity index (χ1) is 6.81. The van der Waals surface area contributed by atoms with Crippen LogP contribution in [-0.2, 0) is 9.32 Å². The topological polar surface area (TPSA) is 26.3 Å². The van der Waals surface area contributed by atoms with Crippen LogP contribution in [-0.4, -0.2) is 12.4 Å². The maximum atomic E-state index is 9.99. The van der Waals surface area contributed by atoms with Crippen LogP contribution in [0.2, 0.25) is 0 Å². The first-order valence-corrected chi connectivity index (χ1v) is 5.23. The van der Waals surface area contributed by atoms with Gasteiger partial charge in [-0.1, -0.05) is 17.9 Å². The average Bonchev–Trinajstić information content (AvgIpc) is 2.21. The van der Waals surface area contributed by atoms with Gasteiger partial charge in [0.2, 0.25) is 0 Å². The van der Waals surface area contributed by atoms with Crippen LogP contribution in [0.5, 0.6) is 0 Å². The fraction of sp³-hybridized carbons (Fsp3) is 0.545. The molecule has 0 spiro atoms. The van der Waals surface area contributed by atoms with E-state index in [1.165, 1.54) is 0 Å². The molecule has 78 valence electrons. The lowest BCUT2D eigenvalue weighted by molar-refractivity contribution is -0.107. The molecule has 0 aliphatic rings. The van der Waals surface area contributed by atoms with Crippen molar-refractivity contribution >= 4 is 15.8 Å². The van der Waals surface area contributed by atoms with Crippen molar-refractivity contribution in [3.63, 3.8) is 0 Å². The molecule has 0 aromatic heterocycles. The van der Waals surface area contributed by atoms with E-state index >= 15 is 0 Å². The van der Waals surface area contributed by atoms with Crippen molar-refractivity contribution in [3.05, 3.63) is 12.2 Å². The molecule has 0 saturated carbocycles. The van der Waals surface area contributed by atoms with Gasteiger partial charge in [0.15, 0.2) is 0 Å². The van der Waals surface area contributed by atoms with Gasteiger partial charge in [0.05, 0.1) is 0 Å². The highest BCUT2D eigenvalue weighted by Crippen LogP contribution is 1.98. The van der Waals surface area contributed by atoms with E-state index in [0.29, 0.717) is 6.42 Å². The van der Waals surface area contributed by atoms with Crippen LogP contribution >= 0.6 is 9.47 Å². The van der Waals surface area contributed by atoms with Crippen LogP contribution in [0.1, 0.15) is 32.6 Å². The lowest BCUT2D eigenvalue weighted by Crippen LogP contribution is -1.94. The van der Waals surface area contributed by atoms with E-state index in [-0.39, 0.29) is 6.10 Å². The maximum Gasteiger partial charge on any atom is 0.119 e. The van der Waals surface area contributed by atoms with E-state index in [1.807, 2.05) is 19.1 Å². The van der Waals surface area contributed by atoms with Gasteiger partial charge < -0.3 is 9.32 Å². The average molecular weight is 212 g/mol. The van der Waals surface area contributed by atoms with E-state index in [2.05, 4.69) is 21.3 Å². The fourth-order valence-electron chi connectivity index (χ4n) is 0.832. The second-order valence-electron chi connectivity index (χ2n) is 2.92. The Kier molecular flexibility index (Phi) is 9.96. The molecule has 2 nitrogen and oxygen atoms in total. The highest BCUT2D eigenvalue weighted by atomic mass is 31.0. The largest absolute Gasteiger partial charge is 0.350 e. The Hall–Kier alpha value is -0.640. The van der Waals surface area contributed by atoms with Crippen molar-refractivity contribution in [2.24, 2.45) is 0 Å². The number of carbonyl (C=O) groups excluding carboxylic acids is 1. The summed E-state index contributed by atoms with van der Waals surface area (Å²) >= 11 is 0. The molecule has 0 rings (SSSR count). The highest BCUT2D eigenvalue weighted by molar-refractivity contribution is 7.09. The number of hydrogen-bond donors (Lipinski definition) is 0. The van der Waals surface area contributed by atoms with Crippen LogP contribution in [0.25, 0.3) is 0 Å². The van der Waals surface area contributed by atoms with Gasteiger partial charge in [-0.25, -0.2) is 0 Å². The van der Waals surface area contributed by atoms with Crippen molar-refractivity contribution in [2.75, 3.05) is 0 Å². The third-order valence-electron chi connectivity index (χ3n) is 1.63. The van der Waals surface area contributed by atoms with Gasteiger partial charge in [-0.05, 0) is 32.3 Å². The Labute approximate surface area is 88.4 Å². The summed E-state index contributed by atoms with van der Waals surface area (Å²) in [5.74, 6) is 5.79. The van der Waals surface area contributed by atoms with Crippen LogP contribution < -0.4 is 0 Å². The van der Waals surface area contributed by atoms with Crippen molar-refractivity contribution in [3.8, 4) is 11.8 Å². The summed E-state index contributed by atoms with van der Waals surface area (Å²) in [6.07, 6.45) is 8.44. The number of hydrogen-bond acceptors (Lipinski definition) is 2. The molecule has 0 aliphatic heterocycles. The van der Waals surface area contributed by atoms with E-state index in [0.717, 1.165) is 25.5 Å². The van der Waals surface area contributed by atoms with Crippen molar-refractivity contribution in [1.82, 2.24) is 0 Å². The Morgan fingerprint density at radius 1 is 1.43 bits per heavy atom. The maximum absolute atomic E-state index is 9.99. The summed E-state index contributed by atoms with van der Waals surface area (Å²) in [5, 5.41) is 0. The summed E-state index contributed by atoms with van der Waals surface area (Å²) in [5.41, 5.74) is 0. The zero-order valence-corrected chi connectivity index (χ0v) is 9.69. The Morgan fingerprint density at radius 2 is 2.14 bits per heavy atom. The molecule has 0 bridgehead atoms. The molecule has 0 N–H and O–H groups in total. The van der Waals surface area contributed by atoms with Gasteiger partial charge >= 0.3 is 0 Å². The van der Waals surface area contributed by atoms with Crippen molar-refractivity contribution in [2.45, 2.75) is 38.7 Å². The summed E-state index contributed by atoms with van der Waals surface area (Å²) in [6.45, 7) is 1.89. The quantitative estimate of drug-likeness (QED) is 0.292. The second kappa shape index (κ2) is 10.4. The molecule has 14 heavy (non-hydrogen) atoms. The molecule has 0 aromatic rings. The second-order valence-corrected chi connectivity index (χ2v) is 3.19. The molecule has 0 saturated heterocycles. The van der Waals surface area contributed by atoms with Crippen molar-refractivity contribution in [1.29, 1.82) is 0 Å². The van der Waals surface area contributed by atoms with Crippen LogP contribution in [0.4, 0.5) is 0 Å². The monoisotopic (exact) mass is 212 g/mol. The third kappa shape index (κ3) is 9.45. The summed E-state index contributed by atoms with van der Waals surface area (Å²) in [7, 11) is 2.19. The lowest BCUT2D eigenvalue weighted by atomic mass is 10.2. The summed E-state index contributed by atoms with van der Waals surface area (Å²) < 4.78 is 4.88. The number of aldehydes is 1. The molecule has 0 aromatic carbocycles. The predicted octanol–water partition coefficient (Wildman–Crippen LogP) is 2.50.